The number of rotatable bonds is 6. The molecule has 0 aliphatic heterocycles. The summed E-state index contributed by atoms with van der Waals surface area (Å²) in [6, 6.07) is 12.6. The first-order valence-corrected chi connectivity index (χ1v) is 8.59. The van der Waals surface area contributed by atoms with Gasteiger partial charge in [0, 0.05) is 35.9 Å². The number of amides is 1. The van der Waals surface area contributed by atoms with Crippen LogP contribution in [0.4, 0.5) is 17.5 Å². The van der Waals surface area contributed by atoms with Crippen LogP contribution in [0.2, 0.25) is 0 Å². The number of pyridine rings is 1. The fourth-order valence-electron chi connectivity index (χ4n) is 2.63. The quantitative estimate of drug-likeness (QED) is 0.618. The van der Waals surface area contributed by atoms with E-state index in [4.69, 9.17) is 5.73 Å². The van der Waals surface area contributed by atoms with Gasteiger partial charge in [0.15, 0.2) is 0 Å². The van der Waals surface area contributed by atoms with E-state index < -0.39 is 5.91 Å². The van der Waals surface area contributed by atoms with Crippen LogP contribution in [0.25, 0.3) is 5.69 Å². The minimum Gasteiger partial charge on any atom is -0.367 e. The fraction of sp³-hybridized carbons (Fsp3) is 0.158. The molecule has 8 heteroatoms. The molecule has 0 atom stereocenters. The van der Waals surface area contributed by atoms with Crippen LogP contribution in [-0.2, 0) is 0 Å². The highest BCUT2D eigenvalue weighted by atomic mass is 16.1. The zero-order valence-electron chi connectivity index (χ0n) is 14.4. The van der Waals surface area contributed by atoms with E-state index in [1.165, 1.54) is 12.3 Å². The summed E-state index contributed by atoms with van der Waals surface area (Å²) in [5.74, 6) is 0.227. The molecule has 1 amide bonds. The molecule has 0 bridgehead atoms. The van der Waals surface area contributed by atoms with Crippen LogP contribution >= 0.6 is 0 Å². The highest BCUT2D eigenvalue weighted by Crippen LogP contribution is 2.26. The Kier molecular flexibility index (Phi) is 4.29. The fourth-order valence-corrected chi connectivity index (χ4v) is 2.63. The van der Waals surface area contributed by atoms with Gasteiger partial charge < -0.3 is 16.4 Å². The summed E-state index contributed by atoms with van der Waals surface area (Å²) in [6.45, 7) is 0. The van der Waals surface area contributed by atoms with Gasteiger partial charge in [-0.15, -0.1) is 0 Å². The average molecular weight is 362 g/mol. The number of carbonyl (C=O) groups excluding carboxylic acids is 1. The zero-order chi connectivity index (χ0) is 18.8. The van der Waals surface area contributed by atoms with Crippen molar-refractivity contribution in [1.82, 2.24) is 14.5 Å². The van der Waals surface area contributed by atoms with Crippen molar-refractivity contribution in [1.29, 1.82) is 0 Å². The number of primary amides is 1. The Hall–Kier alpha value is -3.68. The second-order valence-electron chi connectivity index (χ2n) is 6.32. The summed E-state index contributed by atoms with van der Waals surface area (Å²) in [5.41, 5.74) is 7.08. The van der Waals surface area contributed by atoms with Crippen molar-refractivity contribution in [3.05, 3.63) is 70.8 Å². The van der Waals surface area contributed by atoms with Crippen LogP contribution in [0.3, 0.4) is 0 Å². The lowest BCUT2D eigenvalue weighted by atomic mass is 10.2. The Morgan fingerprint density at radius 3 is 2.59 bits per heavy atom. The lowest BCUT2D eigenvalue weighted by Crippen LogP contribution is -2.17. The Bertz CT molecular complexity index is 1040. The van der Waals surface area contributed by atoms with Gasteiger partial charge in [0.25, 0.3) is 11.5 Å². The van der Waals surface area contributed by atoms with Gasteiger partial charge in [-0.2, -0.15) is 4.98 Å². The molecule has 0 radical (unpaired) electrons. The SMILES string of the molecule is NC(=O)c1cnc(Nc2ccc(-n3ccccc3=O)cc2)nc1NC1CC1. The summed E-state index contributed by atoms with van der Waals surface area (Å²) in [5, 5.41) is 6.29. The standard InChI is InChI=1S/C19H18N6O2/c20-17(27)15-11-21-19(24-18(15)22-12-4-5-12)23-13-6-8-14(9-7-13)25-10-2-1-3-16(25)26/h1-3,6-12H,4-5H2,(H2,20,27)(H2,21,22,23,24). The number of benzene rings is 1. The molecule has 1 fully saturated rings. The van der Waals surface area contributed by atoms with E-state index in [9.17, 15) is 9.59 Å². The van der Waals surface area contributed by atoms with Crippen LogP contribution in [0.1, 0.15) is 23.2 Å². The predicted octanol–water partition coefficient (Wildman–Crippen LogP) is 2.04. The summed E-state index contributed by atoms with van der Waals surface area (Å²) in [7, 11) is 0. The van der Waals surface area contributed by atoms with E-state index in [-0.39, 0.29) is 11.1 Å². The van der Waals surface area contributed by atoms with Crippen LogP contribution < -0.4 is 21.9 Å². The molecular weight excluding hydrogens is 344 g/mol. The highest BCUT2D eigenvalue weighted by molar-refractivity contribution is 5.97. The first-order valence-electron chi connectivity index (χ1n) is 8.59. The molecule has 1 aliphatic rings. The minimum absolute atomic E-state index is 0.0978. The largest absolute Gasteiger partial charge is 0.367 e. The maximum Gasteiger partial charge on any atom is 0.255 e. The molecule has 0 unspecified atom stereocenters. The normalized spacial score (nSPS) is 13.2. The smallest absolute Gasteiger partial charge is 0.255 e. The number of aromatic nitrogens is 3. The van der Waals surface area contributed by atoms with E-state index >= 15 is 0 Å². The minimum atomic E-state index is -0.567. The van der Waals surface area contributed by atoms with Crippen LogP contribution in [0.15, 0.2) is 59.7 Å². The summed E-state index contributed by atoms with van der Waals surface area (Å²) >= 11 is 0. The van der Waals surface area contributed by atoms with Gasteiger partial charge in [-0.25, -0.2) is 4.98 Å². The number of carbonyl (C=O) groups is 1. The summed E-state index contributed by atoms with van der Waals surface area (Å²) < 4.78 is 1.56. The van der Waals surface area contributed by atoms with Crippen molar-refractivity contribution >= 4 is 23.4 Å². The van der Waals surface area contributed by atoms with Crippen molar-refractivity contribution in [2.24, 2.45) is 5.73 Å². The summed E-state index contributed by atoms with van der Waals surface area (Å²) in [4.78, 5) is 32.0. The van der Waals surface area contributed by atoms with Crippen molar-refractivity contribution < 1.29 is 4.79 Å². The number of nitrogens with one attached hydrogen (secondary N) is 2. The number of hydrogen-bond donors (Lipinski definition) is 3. The number of hydrogen-bond acceptors (Lipinski definition) is 6. The van der Waals surface area contributed by atoms with Gasteiger partial charge in [0.1, 0.15) is 5.82 Å². The second kappa shape index (κ2) is 6.91. The number of nitrogens with two attached hydrogens (primary N) is 1. The van der Waals surface area contributed by atoms with Gasteiger partial charge in [-0.1, -0.05) is 6.07 Å². The van der Waals surface area contributed by atoms with Gasteiger partial charge in [0.2, 0.25) is 5.95 Å². The molecule has 4 N–H and O–H groups in total. The molecule has 1 saturated carbocycles. The molecule has 0 saturated heterocycles. The zero-order valence-corrected chi connectivity index (χ0v) is 14.4. The van der Waals surface area contributed by atoms with Crippen molar-refractivity contribution in [3.8, 4) is 5.69 Å². The molecular formula is C19H18N6O2. The number of nitrogens with zero attached hydrogens (tertiary/aromatic N) is 3. The Labute approximate surface area is 155 Å². The third-order valence-electron chi connectivity index (χ3n) is 4.20. The maximum absolute atomic E-state index is 11.9. The monoisotopic (exact) mass is 362 g/mol. The van der Waals surface area contributed by atoms with Crippen LogP contribution in [-0.4, -0.2) is 26.5 Å². The topological polar surface area (TPSA) is 115 Å². The predicted molar refractivity (Wildman–Crippen MR) is 103 cm³/mol. The highest BCUT2D eigenvalue weighted by Gasteiger charge is 2.24. The van der Waals surface area contributed by atoms with Crippen LogP contribution in [0.5, 0.6) is 0 Å². The lowest BCUT2D eigenvalue weighted by molar-refractivity contribution is 0.100. The molecule has 27 heavy (non-hydrogen) atoms. The van der Waals surface area contributed by atoms with Crippen molar-refractivity contribution in [2.45, 2.75) is 18.9 Å². The molecule has 136 valence electrons. The Balaban J connectivity index is 1.56. The van der Waals surface area contributed by atoms with E-state index in [2.05, 4.69) is 20.6 Å². The first kappa shape index (κ1) is 16.8. The molecule has 8 nitrogen and oxygen atoms in total. The van der Waals surface area contributed by atoms with Gasteiger partial charge in [-0.05, 0) is 43.2 Å². The van der Waals surface area contributed by atoms with Gasteiger partial charge >= 0.3 is 0 Å². The average Bonchev–Trinajstić information content (AvgIpc) is 3.47. The van der Waals surface area contributed by atoms with E-state index in [0.29, 0.717) is 17.8 Å². The first-order chi connectivity index (χ1) is 13.1. The molecule has 4 rings (SSSR count). The molecule has 2 heterocycles. The van der Waals surface area contributed by atoms with E-state index in [0.717, 1.165) is 24.2 Å². The Morgan fingerprint density at radius 1 is 1.15 bits per heavy atom. The molecule has 1 aromatic carbocycles. The molecule has 2 aromatic heterocycles. The third-order valence-corrected chi connectivity index (χ3v) is 4.20. The van der Waals surface area contributed by atoms with Gasteiger partial charge in [-0.3, -0.25) is 14.2 Å². The maximum atomic E-state index is 11.9. The molecule has 3 aromatic rings. The van der Waals surface area contributed by atoms with E-state index in [1.807, 2.05) is 24.3 Å². The van der Waals surface area contributed by atoms with Crippen molar-refractivity contribution in [3.63, 3.8) is 0 Å². The van der Waals surface area contributed by atoms with E-state index in [1.54, 1.807) is 22.9 Å². The summed E-state index contributed by atoms with van der Waals surface area (Å²) in [6.07, 6.45) is 5.23. The number of anilines is 3. The van der Waals surface area contributed by atoms with Crippen molar-refractivity contribution in [2.75, 3.05) is 10.6 Å². The molecule has 1 aliphatic carbocycles. The second-order valence-corrected chi connectivity index (χ2v) is 6.32. The van der Waals surface area contributed by atoms with Gasteiger partial charge in [0.05, 0.1) is 5.56 Å². The third kappa shape index (κ3) is 3.79. The molecule has 0 spiro atoms. The van der Waals surface area contributed by atoms with Crippen LogP contribution in [0, 0.1) is 0 Å². The lowest BCUT2D eigenvalue weighted by Gasteiger charge is -2.11. The Morgan fingerprint density at radius 2 is 1.93 bits per heavy atom.